The van der Waals surface area contributed by atoms with Crippen molar-refractivity contribution in [1.29, 1.82) is 0 Å². The summed E-state index contributed by atoms with van der Waals surface area (Å²) >= 11 is 0. The molecule has 5 aromatic rings. The fourth-order valence-electron chi connectivity index (χ4n) is 11.6. The average molecular weight is 718 g/mol. The minimum absolute atomic E-state index is 0.0667. The van der Waals surface area contributed by atoms with Gasteiger partial charge >= 0.3 is 0 Å². The highest BCUT2D eigenvalue weighted by atomic mass is 16.5. The maximum Gasteiger partial charge on any atom is 0.178 e. The summed E-state index contributed by atoms with van der Waals surface area (Å²) < 4.78 is 25.4. The minimum Gasteiger partial charge on any atom is -0.497 e. The molecule has 1 spiro atoms. The highest BCUT2D eigenvalue weighted by Gasteiger charge is 2.76. The number of hydrogen-bond donors (Lipinski definition) is 0. The lowest BCUT2D eigenvalue weighted by atomic mass is 9.67. The fourth-order valence-corrected chi connectivity index (χ4v) is 11.6. The molecule has 6 unspecified atom stereocenters. The molecule has 2 aliphatic heterocycles. The third-order valence-corrected chi connectivity index (χ3v) is 14.0. The van der Waals surface area contributed by atoms with Gasteiger partial charge in [-0.05, 0) is 109 Å². The van der Waals surface area contributed by atoms with Crippen LogP contribution < -0.4 is 19.1 Å². The van der Waals surface area contributed by atoms with E-state index < -0.39 is 5.60 Å². The number of anilines is 1. The molecular formula is C49H51NO4. The lowest BCUT2D eigenvalue weighted by molar-refractivity contribution is -0.00522. The van der Waals surface area contributed by atoms with Gasteiger partial charge in [0.15, 0.2) is 5.60 Å². The number of nitrogens with zero attached hydrogens (tertiary/aromatic N) is 1. The molecule has 0 N–H and O–H groups in total. The third kappa shape index (κ3) is 4.66. The Morgan fingerprint density at radius 1 is 0.741 bits per heavy atom. The van der Waals surface area contributed by atoms with Crippen LogP contribution in [0.1, 0.15) is 87.1 Å². The van der Waals surface area contributed by atoms with Gasteiger partial charge in [0.05, 0.1) is 26.4 Å². The van der Waals surface area contributed by atoms with E-state index in [9.17, 15) is 0 Å². The Morgan fingerprint density at radius 3 is 2.17 bits per heavy atom. The second-order valence-corrected chi connectivity index (χ2v) is 16.7. The molecule has 5 nitrogen and oxygen atoms in total. The van der Waals surface area contributed by atoms with Crippen LogP contribution >= 0.6 is 0 Å². The topological polar surface area (TPSA) is 40.2 Å². The van der Waals surface area contributed by atoms with Gasteiger partial charge < -0.3 is 23.8 Å². The van der Waals surface area contributed by atoms with E-state index in [1.165, 1.54) is 77.4 Å². The Labute approximate surface area is 319 Å². The van der Waals surface area contributed by atoms with Crippen molar-refractivity contribution < 1.29 is 18.9 Å². The number of morpholine rings is 1. The molecule has 3 aliphatic carbocycles. The first-order chi connectivity index (χ1) is 26.3. The number of methoxy groups -OCH3 is 2. The van der Waals surface area contributed by atoms with Gasteiger partial charge in [-0.2, -0.15) is 0 Å². The first-order valence-electron chi connectivity index (χ1n) is 20.1. The quantitative estimate of drug-likeness (QED) is 0.181. The smallest absolute Gasteiger partial charge is 0.178 e. The van der Waals surface area contributed by atoms with Crippen molar-refractivity contribution in [3.63, 3.8) is 0 Å². The molecule has 0 radical (unpaired) electrons. The maximum absolute atomic E-state index is 7.77. The fraction of sp³-hybridized carbons (Fsp3) is 0.388. The van der Waals surface area contributed by atoms with Crippen LogP contribution in [0.5, 0.6) is 17.2 Å². The largest absolute Gasteiger partial charge is 0.497 e. The number of fused-ring (bicyclic) bond motifs is 10. The van der Waals surface area contributed by atoms with Crippen LogP contribution in [0, 0.1) is 5.92 Å². The van der Waals surface area contributed by atoms with Gasteiger partial charge in [-0.3, -0.25) is 0 Å². The lowest BCUT2D eigenvalue weighted by Gasteiger charge is -2.41. The molecule has 6 atom stereocenters. The SMILES string of the molecule is COc1ccc(C2(c3ccc(N4CC(C)OC(C)C4)cc3)C=Cc3c4c(c5ccc(OC)cc5c3O2)-c2ccccc2C2(C)C3CCCCCCC432)cc1. The molecule has 54 heavy (non-hydrogen) atoms. The Morgan fingerprint density at radius 2 is 1.43 bits per heavy atom. The summed E-state index contributed by atoms with van der Waals surface area (Å²) in [5, 5.41) is 2.34. The monoisotopic (exact) mass is 717 g/mol. The van der Waals surface area contributed by atoms with Crippen molar-refractivity contribution in [2.45, 2.75) is 87.9 Å². The zero-order valence-electron chi connectivity index (χ0n) is 32.3. The molecule has 5 aromatic carbocycles. The van der Waals surface area contributed by atoms with Crippen LogP contribution in [0.4, 0.5) is 5.69 Å². The summed E-state index contributed by atoms with van der Waals surface area (Å²) in [5.41, 5.74) is 9.70. The summed E-state index contributed by atoms with van der Waals surface area (Å²) in [6.07, 6.45) is 12.8. The van der Waals surface area contributed by atoms with E-state index in [2.05, 4.69) is 117 Å². The molecule has 10 rings (SSSR count). The molecule has 276 valence electrons. The summed E-state index contributed by atoms with van der Waals surface area (Å²) in [5.74, 6) is 3.21. The van der Waals surface area contributed by atoms with Gasteiger partial charge in [0, 0.05) is 51.7 Å². The Kier molecular flexibility index (Phi) is 7.76. The minimum atomic E-state index is -0.870. The van der Waals surface area contributed by atoms with Crippen LogP contribution in [-0.4, -0.2) is 39.5 Å². The summed E-state index contributed by atoms with van der Waals surface area (Å²) in [6.45, 7) is 8.66. The molecule has 1 saturated heterocycles. The zero-order chi connectivity index (χ0) is 36.8. The highest BCUT2D eigenvalue weighted by molar-refractivity contribution is 6.08. The zero-order valence-corrected chi connectivity index (χ0v) is 32.3. The molecule has 3 fully saturated rings. The number of ether oxygens (including phenoxy) is 4. The van der Waals surface area contributed by atoms with E-state index in [0.29, 0.717) is 5.92 Å². The average Bonchev–Trinajstić information content (AvgIpc) is 3.72. The first-order valence-corrected chi connectivity index (χ1v) is 20.1. The van der Waals surface area contributed by atoms with Crippen LogP contribution in [0.2, 0.25) is 0 Å². The number of rotatable bonds is 5. The highest BCUT2D eigenvalue weighted by Crippen LogP contribution is 2.79. The molecule has 0 amide bonds. The van der Waals surface area contributed by atoms with Crippen molar-refractivity contribution in [3.05, 3.63) is 125 Å². The van der Waals surface area contributed by atoms with Crippen molar-refractivity contribution in [3.8, 4) is 28.4 Å². The summed E-state index contributed by atoms with van der Waals surface area (Å²) in [7, 11) is 3.48. The van der Waals surface area contributed by atoms with E-state index in [1.54, 1.807) is 14.2 Å². The Hall–Kier alpha value is -4.74. The van der Waals surface area contributed by atoms with Crippen LogP contribution in [0.3, 0.4) is 0 Å². The molecule has 5 aliphatic rings. The molecule has 2 heterocycles. The molecule has 0 aromatic heterocycles. The normalized spacial score (nSPS) is 29.4. The lowest BCUT2D eigenvalue weighted by Crippen LogP contribution is -2.45. The molecular weight excluding hydrogens is 667 g/mol. The van der Waals surface area contributed by atoms with Crippen LogP contribution in [0.25, 0.3) is 28.0 Å². The second-order valence-electron chi connectivity index (χ2n) is 16.7. The molecule has 0 bridgehead atoms. The van der Waals surface area contributed by atoms with Gasteiger partial charge in [-0.1, -0.05) is 87.2 Å². The van der Waals surface area contributed by atoms with Crippen molar-refractivity contribution in [2.75, 3.05) is 32.2 Å². The predicted molar refractivity (Wildman–Crippen MR) is 218 cm³/mol. The van der Waals surface area contributed by atoms with Crippen LogP contribution in [0.15, 0.2) is 97.1 Å². The summed E-state index contributed by atoms with van der Waals surface area (Å²) in [6, 6.07) is 33.4. The molecule has 5 heteroatoms. The molecule has 2 saturated carbocycles. The van der Waals surface area contributed by atoms with Crippen molar-refractivity contribution in [1.82, 2.24) is 0 Å². The number of benzene rings is 5. The third-order valence-electron chi connectivity index (χ3n) is 14.0. The second kappa shape index (κ2) is 12.4. The van der Waals surface area contributed by atoms with E-state index in [1.807, 2.05) is 12.1 Å². The van der Waals surface area contributed by atoms with Crippen molar-refractivity contribution in [2.24, 2.45) is 5.92 Å². The standard InChI is InChI=1S/C49H51NO4/c1-31-29-50(30-32(2)53-31)35-19-15-33(16-20-35)49(34-17-21-36(51-4)22-18-34)27-25-40-45-44(38-24-23-37(52-5)28-41(38)46(40)54-49)39-12-9-10-13-42(39)47(3)43-14-8-6-7-11-26-48(43,45)47/h9-10,12-13,15-25,27-28,31-32,43H,6-8,11,14,26,29-30H2,1-5H3. The Bertz CT molecular complexity index is 2280. The van der Waals surface area contributed by atoms with E-state index in [0.717, 1.165) is 46.9 Å². The van der Waals surface area contributed by atoms with E-state index in [4.69, 9.17) is 18.9 Å². The van der Waals surface area contributed by atoms with E-state index >= 15 is 0 Å². The Balaban J connectivity index is 1.22. The van der Waals surface area contributed by atoms with Crippen LogP contribution in [-0.2, 0) is 21.2 Å². The summed E-state index contributed by atoms with van der Waals surface area (Å²) in [4.78, 5) is 2.44. The van der Waals surface area contributed by atoms with E-state index in [-0.39, 0.29) is 23.0 Å². The van der Waals surface area contributed by atoms with Gasteiger partial charge in [-0.25, -0.2) is 0 Å². The number of hydrogen-bond acceptors (Lipinski definition) is 5. The van der Waals surface area contributed by atoms with Gasteiger partial charge in [0.2, 0.25) is 0 Å². The van der Waals surface area contributed by atoms with Gasteiger partial charge in [0.1, 0.15) is 17.2 Å². The van der Waals surface area contributed by atoms with Gasteiger partial charge in [0.25, 0.3) is 0 Å². The first kappa shape index (κ1) is 33.8. The van der Waals surface area contributed by atoms with Gasteiger partial charge in [-0.15, -0.1) is 0 Å². The maximum atomic E-state index is 7.77. The predicted octanol–water partition coefficient (Wildman–Crippen LogP) is 11.0. The van der Waals surface area contributed by atoms with Crippen molar-refractivity contribution >= 4 is 22.5 Å².